The van der Waals surface area contributed by atoms with E-state index in [1.54, 1.807) is 37.3 Å². The molecule has 8 nitrogen and oxygen atoms in total. The summed E-state index contributed by atoms with van der Waals surface area (Å²) in [5.74, 6) is -3.95. The van der Waals surface area contributed by atoms with Crippen LogP contribution in [0.1, 0.15) is 33.1 Å². The molecule has 1 heterocycles. The molecule has 0 N–H and O–H groups in total. The van der Waals surface area contributed by atoms with E-state index in [-0.39, 0.29) is 16.0 Å². The molecule has 0 spiro atoms. The maximum Gasteiger partial charge on any atom is 0.322 e. The summed E-state index contributed by atoms with van der Waals surface area (Å²) in [6.45, 7) is 3.07. The number of ether oxygens (including phenoxy) is 2. The molecule has 0 bridgehead atoms. The quantitative estimate of drug-likeness (QED) is 0.513. The van der Waals surface area contributed by atoms with Gasteiger partial charge in [-0.05, 0) is 37.6 Å². The smallest absolute Gasteiger partial charge is 0.322 e. The summed E-state index contributed by atoms with van der Waals surface area (Å²) < 4.78 is 37.5. The number of fused-ring (bicyclic) bond motifs is 1. The number of benzene rings is 2. The molecule has 1 aliphatic rings. The Bertz CT molecular complexity index is 1120. The fourth-order valence-corrected chi connectivity index (χ4v) is 5.26. The standard InChI is InChI=1S/C22H23NO7S/c1-13-5-8-15(9-6-13)31(27,28)23-12-18(24)17-11-14(2)7-10-16(17)20(23)19(21(25)29-3)22(26)30-4/h5-11,19-20H,12H2,1-4H3. The Morgan fingerprint density at radius 2 is 1.52 bits per heavy atom. The van der Waals surface area contributed by atoms with Crippen molar-refractivity contribution in [3.8, 4) is 0 Å². The van der Waals surface area contributed by atoms with Crippen LogP contribution in [0, 0.1) is 19.8 Å². The zero-order valence-corrected chi connectivity index (χ0v) is 18.4. The van der Waals surface area contributed by atoms with Gasteiger partial charge in [-0.1, -0.05) is 35.4 Å². The van der Waals surface area contributed by atoms with Crippen molar-refractivity contribution in [1.82, 2.24) is 4.31 Å². The molecule has 9 heteroatoms. The van der Waals surface area contributed by atoms with Gasteiger partial charge < -0.3 is 9.47 Å². The molecule has 31 heavy (non-hydrogen) atoms. The van der Waals surface area contributed by atoms with Gasteiger partial charge in [-0.3, -0.25) is 14.4 Å². The van der Waals surface area contributed by atoms with Crippen molar-refractivity contribution in [1.29, 1.82) is 0 Å². The summed E-state index contributed by atoms with van der Waals surface area (Å²) in [7, 11) is -2.05. The highest BCUT2D eigenvalue weighted by atomic mass is 32.2. The van der Waals surface area contributed by atoms with Crippen molar-refractivity contribution >= 4 is 27.7 Å². The Morgan fingerprint density at radius 1 is 0.968 bits per heavy atom. The SMILES string of the molecule is COC(=O)C(C(=O)OC)C1c2ccc(C)cc2C(=O)CN1S(=O)(=O)c1ccc(C)cc1. The molecule has 0 saturated carbocycles. The maximum atomic E-state index is 13.5. The van der Waals surface area contributed by atoms with Gasteiger partial charge in [0, 0.05) is 5.56 Å². The van der Waals surface area contributed by atoms with Crippen molar-refractivity contribution in [2.75, 3.05) is 20.8 Å². The van der Waals surface area contributed by atoms with Crippen LogP contribution < -0.4 is 0 Å². The molecule has 0 aliphatic carbocycles. The van der Waals surface area contributed by atoms with Crippen LogP contribution in [0.15, 0.2) is 47.4 Å². The molecule has 1 atom stereocenters. The minimum Gasteiger partial charge on any atom is -0.468 e. The molecule has 1 aliphatic heterocycles. The molecule has 0 fully saturated rings. The first-order valence-electron chi connectivity index (χ1n) is 9.49. The van der Waals surface area contributed by atoms with Gasteiger partial charge in [0.15, 0.2) is 11.7 Å². The maximum absolute atomic E-state index is 13.5. The Kier molecular flexibility index (Phi) is 6.28. The number of hydrogen-bond donors (Lipinski definition) is 0. The van der Waals surface area contributed by atoms with Gasteiger partial charge >= 0.3 is 11.9 Å². The minimum atomic E-state index is -4.25. The van der Waals surface area contributed by atoms with Crippen LogP contribution in [0.2, 0.25) is 0 Å². The predicted octanol–water partition coefficient (Wildman–Crippen LogP) is 2.19. The third kappa shape index (κ3) is 4.11. The number of aryl methyl sites for hydroxylation is 2. The lowest BCUT2D eigenvalue weighted by molar-refractivity contribution is -0.161. The van der Waals surface area contributed by atoms with Crippen molar-refractivity contribution in [2.24, 2.45) is 5.92 Å². The van der Waals surface area contributed by atoms with Crippen LogP contribution in [0.3, 0.4) is 0 Å². The van der Waals surface area contributed by atoms with Gasteiger partial charge in [-0.15, -0.1) is 0 Å². The monoisotopic (exact) mass is 445 g/mol. The molecule has 2 aromatic carbocycles. The lowest BCUT2D eigenvalue weighted by Gasteiger charge is -2.38. The predicted molar refractivity (Wildman–Crippen MR) is 111 cm³/mol. The normalized spacial score (nSPS) is 16.7. The average Bonchev–Trinajstić information content (AvgIpc) is 2.75. The number of carbonyl (C=O) groups is 3. The molecule has 3 rings (SSSR count). The van der Waals surface area contributed by atoms with E-state index in [4.69, 9.17) is 9.47 Å². The third-order valence-electron chi connectivity index (χ3n) is 5.29. The van der Waals surface area contributed by atoms with Crippen LogP contribution in [0.4, 0.5) is 0 Å². The van der Waals surface area contributed by atoms with Crippen LogP contribution in [-0.4, -0.2) is 51.2 Å². The van der Waals surface area contributed by atoms with Gasteiger partial charge in [0.05, 0.1) is 31.7 Å². The molecule has 1 unspecified atom stereocenters. The topological polar surface area (TPSA) is 107 Å². The number of ketones is 1. The molecular formula is C22H23NO7S. The van der Waals surface area contributed by atoms with Gasteiger partial charge in [0.1, 0.15) is 0 Å². The fraction of sp³-hybridized carbons (Fsp3) is 0.318. The second-order valence-corrected chi connectivity index (χ2v) is 9.24. The second kappa shape index (κ2) is 8.60. The fourth-order valence-electron chi connectivity index (χ4n) is 3.68. The third-order valence-corrected chi connectivity index (χ3v) is 7.13. The van der Waals surface area contributed by atoms with Crippen molar-refractivity contribution in [3.63, 3.8) is 0 Å². The van der Waals surface area contributed by atoms with E-state index >= 15 is 0 Å². The van der Waals surface area contributed by atoms with E-state index in [1.807, 2.05) is 6.92 Å². The highest BCUT2D eigenvalue weighted by Crippen LogP contribution is 2.40. The van der Waals surface area contributed by atoms with Gasteiger partial charge in [0.2, 0.25) is 10.0 Å². The summed E-state index contributed by atoms with van der Waals surface area (Å²) in [5, 5.41) is 0. The molecule has 0 amide bonds. The summed E-state index contributed by atoms with van der Waals surface area (Å²) >= 11 is 0. The number of carbonyl (C=O) groups excluding carboxylic acids is 3. The van der Waals surface area contributed by atoms with Crippen LogP contribution in [-0.2, 0) is 29.1 Å². The van der Waals surface area contributed by atoms with E-state index < -0.39 is 46.2 Å². The summed E-state index contributed by atoms with van der Waals surface area (Å²) in [6, 6.07) is 9.65. The molecule has 2 aromatic rings. The lowest BCUT2D eigenvalue weighted by Crippen LogP contribution is -2.49. The number of esters is 2. The number of Topliss-reactive ketones (excluding diaryl/α,β-unsaturated/α-hetero) is 1. The first kappa shape index (κ1) is 22.6. The Hall–Kier alpha value is -3.04. The molecule has 164 valence electrons. The van der Waals surface area contributed by atoms with Crippen molar-refractivity contribution in [3.05, 3.63) is 64.7 Å². The summed E-state index contributed by atoms with van der Waals surface area (Å²) in [5.41, 5.74) is 2.15. The number of hydrogen-bond acceptors (Lipinski definition) is 7. The second-order valence-electron chi connectivity index (χ2n) is 7.35. The zero-order valence-electron chi connectivity index (χ0n) is 17.6. The first-order valence-corrected chi connectivity index (χ1v) is 10.9. The largest absolute Gasteiger partial charge is 0.468 e. The molecule has 0 radical (unpaired) electrons. The molecule has 0 saturated heterocycles. The van der Waals surface area contributed by atoms with E-state index in [0.717, 1.165) is 29.7 Å². The van der Waals surface area contributed by atoms with Crippen LogP contribution in [0.25, 0.3) is 0 Å². The number of nitrogens with zero attached hydrogens (tertiary/aromatic N) is 1. The van der Waals surface area contributed by atoms with Crippen LogP contribution >= 0.6 is 0 Å². The minimum absolute atomic E-state index is 0.0556. The number of rotatable bonds is 5. The Labute approximate surface area is 180 Å². The van der Waals surface area contributed by atoms with E-state index in [9.17, 15) is 22.8 Å². The molecular weight excluding hydrogens is 422 g/mol. The van der Waals surface area contributed by atoms with Crippen molar-refractivity contribution < 1.29 is 32.3 Å². The van der Waals surface area contributed by atoms with Gasteiger partial charge in [-0.2, -0.15) is 4.31 Å². The first-order chi connectivity index (χ1) is 14.6. The van der Waals surface area contributed by atoms with E-state index in [1.165, 1.54) is 12.1 Å². The summed E-state index contributed by atoms with van der Waals surface area (Å²) in [6.07, 6.45) is 0. The van der Waals surface area contributed by atoms with Gasteiger partial charge in [-0.25, -0.2) is 8.42 Å². The zero-order chi connectivity index (χ0) is 22.9. The van der Waals surface area contributed by atoms with Crippen molar-refractivity contribution in [2.45, 2.75) is 24.8 Å². The number of methoxy groups -OCH3 is 2. The van der Waals surface area contributed by atoms with Gasteiger partial charge in [0.25, 0.3) is 0 Å². The Balaban J connectivity index is 2.26. The Morgan fingerprint density at radius 3 is 2.06 bits per heavy atom. The van der Waals surface area contributed by atoms with E-state index in [0.29, 0.717) is 0 Å². The highest BCUT2D eigenvalue weighted by Gasteiger charge is 2.49. The van der Waals surface area contributed by atoms with E-state index in [2.05, 4.69) is 0 Å². The highest BCUT2D eigenvalue weighted by molar-refractivity contribution is 7.89. The number of sulfonamides is 1. The van der Waals surface area contributed by atoms with Crippen LogP contribution in [0.5, 0.6) is 0 Å². The molecule has 0 aromatic heterocycles. The lowest BCUT2D eigenvalue weighted by atomic mass is 9.85. The summed E-state index contributed by atoms with van der Waals surface area (Å²) in [4.78, 5) is 38.0. The average molecular weight is 445 g/mol.